The molecule has 0 saturated heterocycles. The van der Waals surface area contributed by atoms with Crippen LogP contribution < -0.4 is 5.32 Å². The van der Waals surface area contributed by atoms with E-state index in [-0.39, 0.29) is 11.8 Å². The highest BCUT2D eigenvalue weighted by Crippen LogP contribution is 2.23. The molecular weight excluding hydrogens is 222 g/mol. The largest absolute Gasteiger partial charge is 0.508 e. The molecule has 2 aromatic carbocycles. The summed E-state index contributed by atoms with van der Waals surface area (Å²) in [5, 5.41) is 12.8. The minimum Gasteiger partial charge on any atom is -0.508 e. The van der Waals surface area contributed by atoms with Gasteiger partial charge in [-0.3, -0.25) is 0 Å². The second-order valence-electron chi connectivity index (χ2n) is 4.76. The molecule has 18 heavy (non-hydrogen) atoms. The van der Waals surface area contributed by atoms with Gasteiger partial charge < -0.3 is 10.4 Å². The van der Waals surface area contributed by atoms with Crippen molar-refractivity contribution in [3.05, 3.63) is 59.2 Å². The zero-order valence-electron chi connectivity index (χ0n) is 11.1. The maximum atomic E-state index is 9.44. The molecule has 0 aliphatic heterocycles. The first kappa shape index (κ1) is 12.5. The van der Waals surface area contributed by atoms with Gasteiger partial charge >= 0.3 is 0 Å². The fraction of sp³-hybridized carbons (Fsp3) is 0.250. The number of aromatic hydroxyl groups is 1. The van der Waals surface area contributed by atoms with Crippen LogP contribution in [0.4, 0.5) is 5.69 Å². The van der Waals surface area contributed by atoms with E-state index < -0.39 is 0 Å². The number of hydrogen-bond acceptors (Lipinski definition) is 2. The molecule has 0 fully saturated rings. The molecule has 2 nitrogen and oxygen atoms in total. The van der Waals surface area contributed by atoms with Gasteiger partial charge in [-0.1, -0.05) is 24.3 Å². The standard InChI is InChI=1S/C16H19NO/c1-11-7-8-14(9-12(11)2)13(3)17-15-5-4-6-16(18)10-15/h4-10,13,17-18H,1-3H3. The van der Waals surface area contributed by atoms with Crippen molar-refractivity contribution in [3.63, 3.8) is 0 Å². The lowest BCUT2D eigenvalue weighted by Gasteiger charge is -2.17. The number of nitrogens with one attached hydrogen (secondary N) is 1. The number of rotatable bonds is 3. The van der Waals surface area contributed by atoms with Crippen molar-refractivity contribution in [1.82, 2.24) is 0 Å². The van der Waals surface area contributed by atoms with Crippen molar-refractivity contribution < 1.29 is 5.11 Å². The zero-order valence-corrected chi connectivity index (χ0v) is 11.1. The Kier molecular flexibility index (Phi) is 3.56. The Morgan fingerprint density at radius 2 is 1.78 bits per heavy atom. The van der Waals surface area contributed by atoms with Crippen molar-refractivity contribution in [2.75, 3.05) is 5.32 Å². The second kappa shape index (κ2) is 5.13. The third-order valence-electron chi connectivity index (χ3n) is 3.26. The Morgan fingerprint density at radius 3 is 2.44 bits per heavy atom. The van der Waals surface area contributed by atoms with Gasteiger partial charge in [0, 0.05) is 17.8 Å². The lowest BCUT2D eigenvalue weighted by Crippen LogP contribution is -2.06. The summed E-state index contributed by atoms with van der Waals surface area (Å²) >= 11 is 0. The first-order chi connectivity index (χ1) is 8.56. The van der Waals surface area contributed by atoms with Crippen LogP contribution in [0.15, 0.2) is 42.5 Å². The minimum absolute atomic E-state index is 0.214. The molecule has 0 bridgehead atoms. The van der Waals surface area contributed by atoms with E-state index >= 15 is 0 Å². The van der Waals surface area contributed by atoms with Gasteiger partial charge in [0.15, 0.2) is 0 Å². The topological polar surface area (TPSA) is 32.3 Å². The Bertz CT molecular complexity index is 549. The van der Waals surface area contributed by atoms with Crippen LogP contribution >= 0.6 is 0 Å². The first-order valence-corrected chi connectivity index (χ1v) is 6.19. The smallest absolute Gasteiger partial charge is 0.117 e. The predicted octanol–water partition coefficient (Wildman–Crippen LogP) is 4.18. The van der Waals surface area contributed by atoms with Gasteiger partial charge in [-0.05, 0) is 49.6 Å². The summed E-state index contributed by atoms with van der Waals surface area (Å²) in [5.74, 6) is 0.285. The van der Waals surface area contributed by atoms with Gasteiger partial charge in [0.2, 0.25) is 0 Å². The average Bonchev–Trinajstić information content (AvgIpc) is 2.32. The molecule has 0 amide bonds. The van der Waals surface area contributed by atoms with Gasteiger partial charge in [0.05, 0.1) is 0 Å². The van der Waals surface area contributed by atoms with Crippen molar-refractivity contribution in [1.29, 1.82) is 0 Å². The van der Waals surface area contributed by atoms with Crippen LogP contribution in [0.5, 0.6) is 5.75 Å². The van der Waals surface area contributed by atoms with E-state index in [2.05, 4.69) is 44.3 Å². The van der Waals surface area contributed by atoms with E-state index in [1.165, 1.54) is 16.7 Å². The van der Waals surface area contributed by atoms with E-state index in [4.69, 9.17) is 0 Å². The number of phenols is 1. The van der Waals surface area contributed by atoms with Gasteiger partial charge in [-0.25, -0.2) is 0 Å². The highest BCUT2D eigenvalue weighted by molar-refractivity contribution is 5.49. The maximum Gasteiger partial charge on any atom is 0.117 e. The summed E-state index contributed by atoms with van der Waals surface area (Å²) in [7, 11) is 0. The lowest BCUT2D eigenvalue weighted by molar-refractivity contribution is 0.475. The number of anilines is 1. The van der Waals surface area contributed by atoms with Crippen molar-refractivity contribution in [3.8, 4) is 5.75 Å². The third kappa shape index (κ3) is 2.83. The first-order valence-electron chi connectivity index (χ1n) is 6.19. The lowest BCUT2D eigenvalue weighted by atomic mass is 10.0. The molecule has 94 valence electrons. The van der Waals surface area contributed by atoms with E-state index in [0.717, 1.165) is 5.69 Å². The average molecular weight is 241 g/mol. The summed E-state index contributed by atoms with van der Waals surface area (Å²) in [6.45, 7) is 6.36. The molecule has 1 atom stereocenters. The molecule has 0 aromatic heterocycles. The molecule has 2 N–H and O–H groups in total. The van der Waals surface area contributed by atoms with Gasteiger partial charge in [-0.2, -0.15) is 0 Å². The highest BCUT2D eigenvalue weighted by Gasteiger charge is 2.06. The number of phenolic OH excluding ortho intramolecular Hbond substituents is 1. The van der Waals surface area contributed by atoms with Crippen LogP contribution in [0.1, 0.15) is 29.7 Å². The Hall–Kier alpha value is -1.96. The summed E-state index contributed by atoms with van der Waals surface area (Å²) < 4.78 is 0. The zero-order chi connectivity index (χ0) is 13.1. The summed E-state index contributed by atoms with van der Waals surface area (Å²) in [6.07, 6.45) is 0. The summed E-state index contributed by atoms with van der Waals surface area (Å²) in [5.41, 5.74) is 4.79. The van der Waals surface area contributed by atoms with E-state index in [1.807, 2.05) is 12.1 Å². The molecule has 2 aromatic rings. The highest BCUT2D eigenvalue weighted by atomic mass is 16.3. The number of benzene rings is 2. The molecule has 0 aliphatic rings. The molecule has 0 heterocycles. The second-order valence-corrected chi connectivity index (χ2v) is 4.76. The molecular formula is C16H19NO. The van der Waals surface area contributed by atoms with Crippen molar-refractivity contribution in [2.24, 2.45) is 0 Å². The number of hydrogen-bond donors (Lipinski definition) is 2. The van der Waals surface area contributed by atoms with Crippen LogP contribution in [-0.4, -0.2) is 5.11 Å². The Balaban J connectivity index is 2.16. The molecule has 0 saturated carbocycles. The maximum absolute atomic E-state index is 9.44. The van der Waals surface area contributed by atoms with Gasteiger partial charge in [-0.15, -0.1) is 0 Å². The Morgan fingerprint density at radius 1 is 1.00 bits per heavy atom. The third-order valence-corrected chi connectivity index (χ3v) is 3.26. The van der Waals surface area contributed by atoms with Crippen LogP contribution in [0.2, 0.25) is 0 Å². The molecule has 0 spiro atoms. The quantitative estimate of drug-likeness (QED) is 0.844. The van der Waals surface area contributed by atoms with Crippen molar-refractivity contribution in [2.45, 2.75) is 26.8 Å². The molecule has 0 radical (unpaired) electrons. The van der Waals surface area contributed by atoms with Crippen LogP contribution in [0, 0.1) is 13.8 Å². The van der Waals surface area contributed by atoms with Crippen LogP contribution in [-0.2, 0) is 0 Å². The van der Waals surface area contributed by atoms with Gasteiger partial charge in [0.25, 0.3) is 0 Å². The molecule has 1 unspecified atom stereocenters. The normalized spacial score (nSPS) is 12.2. The fourth-order valence-electron chi connectivity index (χ4n) is 1.96. The van der Waals surface area contributed by atoms with E-state index in [0.29, 0.717) is 0 Å². The number of aryl methyl sites for hydroxylation is 2. The monoisotopic (exact) mass is 241 g/mol. The SMILES string of the molecule is Cc1ccc(C(C)Nc2cccc(O)c2)cc1C. The molecule has 2 heteroatoms. The van der Waals surface area contributed by atoms with Crippen LogP contribution in [0.3, 0.4) is 0 Å². The fourth-order valence-corrected chi connectivity index (χ4v) is 1.96. The van der Waals surface area contributed by atoms with Gasteiger partial charge in [0.1, 0.15) is 5.75 Å². The van der Waals surface area contributed by atoms with Crippen LogP contribution in [0.25, 0.3) is 0 Å². The predicted molar refractivity (Wildman–Crippen MR) is 76.1 cm³/mol. The minimum atomic E-state index is 0.214. The summed E-state index contributed by atoms with van der Waals surface area (Å²) in [4.78, 5) is 0. The summed E-state index contributed by atoms with van der Waals surface area (Å²) in [6, 6.07) is 13.9. The Labute approximate surface area is 108 Å². The molecule has 2 rings (SSSR count). The van der Waals surface area contributed by atoms with E-state index in [1.54, 1.807) is 12.1 Å². The van der Waals surface area contributed by atoms with E-state index in [9.17, 15) is 5.11 Å². The van der Waals surface area contributed by atoms with Crippen molar-refractivity contribution >= 4 is 5.69 Å². The molecule has 0 aliphatic carbocycles.